The highest BCUT2D eigenvalue weighted by atomic mass is 19.1. The van der Waals surface area contributed by atoms with Gasteiger partial charge in [-0.15, -0.1) is 0 Å². The fourth-order valence-electron chi connectivity index (χ4n) is 1.46. The number of unbranched alkanes of at least 4 members (excludes halogenated alkanes) is 1. The van der Waals surface area contributed by atoms with Gasteiger partial charge in [0.1, 0.15) is 11.6 Å². The predicted molar refractivity (Wildman–Crippen MR) is 60.8 cm³/mol. The highest BCUT2D eigenvalue weighted by Gasteiger charge is 2.04. The minimum Gasteiger partial charge on any atom is -0.493 e. The van der Waals surface area contributed by atoms with Crippen molar-refractivity contribution in [2.75, 3.05) is 6.61 Å². The van der Waals surface area contributed by atoms with E-state index in [1.807, 2.05) is 0 Å². The molecule has 0 aliphatic rings. The van der Waals surface area contributed by atoms with Crippen molar-refractivity contribution < 1.29 is 9.13 Å². The molecule has 0 saturated heterocycles. The summed E-state index contributed by atoms with van der Waals surface area (Å²) < 4.78 is 18.6. The molecule has 0 aromatic heterocycles. The molecule has 0 saturated carbocycles. The van der Waals surface area contributed by atoms with E-state index in [0.29, 0.717) is 6.61 Å². The van der Waals surface area contributed by atoms with Crippen molar-refractivity contribution in [3.05, 3.63) is 29.6 Å². The number of halogens is 1. The van der Waals surface area contributed by atoms with E-state index in [2.05, 4.69) is 13.8 Å². The van der Waals surface area contributed by atoms with Gasteiger partial charge in [-0.2, -0.15) is 0 Å². The number of benzene rings is 1. The molecule has 1 rings (SSSR count). The first-order chi connectivity index (χ1) is 7.27. The van der Waals surface area contributed by atoms with Crippen molar-refractivity contribution >= 4 is 0 Å². The summed E-state index contributed by atoms with van der Waals surface area (Å²) in [7, 11) is 0. The first kappa shape index (κ1) is 12.0. The summed E-state index contributed by atoms with van der Waals surface area (Å²) in [6.45, 7) is 4.89. The van der Waals surface area contributed by atoms with E-state index in [-0.39, 0.29) is 5.82 Å². The molecule has 1 aromatic rings. The molecular formula is C13H19FO. The molecular weight excluding hydrogens is 191 g/mol. The third-order valence-corrected chi connectivity index (χ3v) is 2.28. The van der Waals surface area contributed by atoms with Crippen molar-refractivity contribution in [3.63, 3.8) is 0 Å². The Balaban J connectivity index is 2.73. The number of hydrogen-bond donors (Lipinski definition) is 0. The number of aryl methyl sites for hydroxylation is 1. The van der Waals surface area contributed by atoms with Crippen LogP contribution in [0.25, 0.3) is 0 Å². The van der Waals surface area contributed by atoms with E-state index < -0.39 is 0 Å². The summed E-state index contributed by atoms with van der Waals surface area (Å²) in [6, 6.07) is 4.77. The van der Waals surface area contributed by atoms with Gasteiger partial charge in [-0.25, -0.2) is 4.39 Å². The summed E-state index contributed by atoms with van der Waals surface area (Å²) in [6.07, 6.45) is 4.06. The van der Waals surface area contributed by atoms with Gasteiger partial charge in [0.2, 0.25) is 0 Å². The van der Waals surface area contributed by atoms with Crippen molar-refractivity contribution in [1.82, 2.24) is 0 Å². The summed E-state index contributed by atoms with van der Waals surface area (Å²) in [5, 5.41) is 0. The van der Waals surface area contributed by atoms with Crippen molar-refractivity contribution in [2.45, 2.75) is 39.5 Å². The van der Waals surface area contributed by atoms with Gasteiger partial charge in [0.05, 0.1) is 6.61 Å². The summed E-state index contributed by atoms with van der Waals surface area (Å²) >= 11 is 0. The van der Waals surface area contributed by atoms with E-state index in [1.165, 1.54) is 6.07 Å². The smallest absolute Gasteiger partial charge is 0.123 e. The SMILES string of the molecule is CCCCc1cc(F)ccc1OCCC. The van der Waals surface area contributed by atoms with E-state index in [4.69, 9.17) is 4.74 Å². The first-order valence-corrected chi connectivity index (χ1v) is 5.69. The molecule has 15 heavy (non-hydrogen) atoms. The zero-order valence-corrected chi connectivity index (χ0v) is 9.55. The Labute approximate surface area is 91.3 Å². The molecule has 0 unspecified atom stereocenters. The highest BCUT2D eigenvalue weighted by Crippen LogP contribution is 2.21. The van der Waals surface area contributed by atoms with Crippen LogP contribution in [0.2, 0.25) is 0 Å². The Hall–Kier alpha value is -1.05. The molecule has 0 amide bonds. The van der Waals surface area contributed by atoms with Crippen LogP contribution in [0.15, 0.2) is 18.2 Å². The monoisotopic (exact) mass is 210 g/mol. The Morgan fingerprint density at radius 2 is 2.00 bits per heavy atom. The lowest BCUT2D eigenvalue weighted by Gasteiger charge is -2.10. The van der Waals surface area contributed by atoms with Gasteiger partial charge in [0, 0.05) is 0 Å². The molecule has 0 N–H and O–H groups in total. The maximum absolute atomic E-state index is 13.0. The van der Waals surface area contributed by atoms with Gasteiger partial charge in [-0.05, 0) is 43.0 Å². The van der Waals surface area contributed by atoms with Crippen molar-refractivity contribution in [2.24, 2.45) is 0 Å². The Morgan fingerprint density at radius 1 is 1.20 bits per heavy atom. The lowest BCUT2D eigenvalue weighted by atomic mass is 10.1. The minimum absolute atomic E-state index is 0.176. The molecule has 2 heteroatoms. The zero-order chi connectivity index (χ0) is 11.1. The first-order valence-electron chi connectivity index (χ1n) is 5.69. The highest BCUT2D eigenvalue weighted by molar-refractivity contribution is 5.34. The van der Waals surface area contributed by atoms with Gasteiger partial charge < -0.3 is 4.74 Å². The molecule has 84 valence electrons. The molecule has 1 nitrogen and oxygen atoms in total. The van der Waals surface area contributed by atoms with Gasteiger partial charge in [-0.1, -0.05) is 20.3 Å². The maximum Gasteiger partial charge on any atom is 0.123 e. The standard InChI is InChI=1S/C13H19FO/c1-3-5-6-11-10-12(14)7-8-13(11)15-9-4-2/h7-8,10H,3-6,9H2,1-2H3. The predicted octanol–water partition coefficient (Wildman–Crippen LogP) is 3.96. The largest absolute Gasteiger partial charge is 0.493 e. The minimum atomic E-state index is -0.176. The van der Waals surface area contributed by atoms with Gasteiger partial charge >= 0.3 is 0 Å². The molecule has 0 aliphatic carbocycles. The summed E-state index contributed by atoms with van der Waals surface area (Å²) in [5.74, 6) is 0.664. The molecule has 0 heterocycles. The Morgan fingerprint density at radius 3 is 2.67 bits per heavy atom. The lowest BCUT2D eigenvalue weighted by Crippen LogP contribution is -1.99. The van der Waals surface area contributed by atoms with E-state index >= 15 is 0 Å². The van der Waals surface area contributed by atoms with Crippen LogP contribution >= 0.6 is 0 Å². The molecule has 1 aromatic carbocycles. The van der Waals surface area contributed by atoms with Crippen LogP contribution in [-0.2, 0) is 6.42 Å². The Kier molecular flexibility index (Phi) is 5.16. The topological polar surface area (TPSA) is 9.23 Å². The van der Waals surface area contributed by atoms with Gasteiger partial charge in [-0.3, -0.25) is 0 Å². The van der Waals surface area contributed by atoms with E-state index in [0.717, 1.165) is 37.0 Å². The molecule has 0 atom stereocenters. The van der Waals surface area contributed by atoms with Crippen molar-refractivity contribution in [1.29, 1.82) is 0 Å². The number of ether oxygens (including phenoxy) is 1. The van der Waals surface area contributed by atoms with Crippen LogP contribution < -0.4 is 4.74 Å². The third kappa shape index (κ3) is 3.90. The van der Waals surface area contributed by atoms with E-state index in [9.17, 15) is 4.39 Å². The quantitative estimate of drug-likeness (QED) is 0.690. The molecule has 0 fully saturated rings. The van der Waals surface area contributed by atoms with Crippen LogP contribution in [0, 0.1) is 5.82 Å². The van der Waals surface area contributed by atoms with Crippen LogP contribution in [0.1, 0.15) is 38.7 Å². The second-order valence-corrected chi connectivity index (χ2v) is 3.70. The van der Waals surface area contributed by atoms with Crippen LogP contribution in [0.3, 0.4) is 0 Å². The normalized spacial score (nSPS) is 10.3. The molecule has 0 radical (unpaired) electrons. The fourth-order valence-corrected chi connectivity index (χ4v) is 1.46. The maximum atomic E-state index is 13.0. The summed E-state index contributed by atoms with van der Waals surface area (Å²) in [5.41, 5.74) is 0.991. The average molecular weight is 210 g/mol. The van der Waals surface area contributed by atoms with Gasteiger partial charge in [0.15, 0.2) is 0 Å². The number of rotatable bonds is 6. The second kappa shape index (κ2) is 6.44. The van der Waals surface area contributed by atoms with E-state index in [1.54, 1.807) is 12.1 Å². The molecule has 0 spiro atoms. The Bertz CT molecular complexity index is 297. The average Bonchev–Trinajstić information content (AvgIpc) is 2.25. The van der Waals surface area contributed by atoms with Crippen molar-refractivity contribution in [3.8, 4) is 5.75 Å². The molecule has 0 aliphatic heterocycles. The summed E-state index contributed by atoms with van der Waals surface area (Å²) in [4.78, 5) is 0. The number of hydrogen-bond acceptors (Lipinski definition) is 1. The van der Waals surface area contributed by atoms with Gasteiger partial charge in [0.25, 0.3) is 0 Å². The fraction of sp³-hybridized carbons (Fsp3) is 0.538. The second-order valence-electron chi connectivity index (χ2n) is 3.70. The van der Waals surface area contributed by atoms with Crippen LogP contribution in [0.4, 0.5) is 4.39 Å². The van der Waals surface area contributed by atoms with Crippen LogP contribution in [0.5, 0.6) is 5.75 Å². The molecule has 0 bridgehead atoms. The third-order valence-electron chi connectivity index (χ3n) is 2.28. The van der Waals surface area contributed by atoms with Crippen LogP contribution in [-0.4, -0.2) is 6.61 Å². The zero-order valence-electron chi connectivity index (χ0n) is 9.55. The lowest BCUT2D eigenvalue weighted by molar-refractivity contribution is 0.313.